The summed E-state index contributed by atoms with van der Waals surface area (Å²) < 4.78 is 0. The van der Waals surface area contributed by atoms with Crippen LogP contribution in [-0.4, -0.2) is 47.1 Å². The van der Waals surface area contributed by atoms with Crippen LogP contribution in [0.1, 0.15) is 54.1 Å². The second kappa shape index (κ2) is 10.3. The second-order valence-corrected chi connectivity index (χ2v) is 8.15. The van der Waals surface area contributed by atoms with Crippen LogP contribution in [0.2, 0.25) is 0 Å². The predicted molar refractivity (Wildman–Crippen MR) is 131 cm³/mol. The monoisotopic (exact) mass is 434 g/mol. The van der Waals surface area contributed by atoms with E-state index in [4.69, 9.17) is 0 Å². The summed E-state index contributed by atoms with van der Waals surface area (Å²) in [6.07, 6.45) is 7.89. The average molecular weight is 435 g/mol. The highest BCUT2D eigenvalue weighted by Gasteiger charge is 2.24. The zero-order valence-corrected chi connectivity index (χ0v) is 19.6. The maximum atomic E-state index is 13.1. The fourth-order valence-corrected chi connectivity index (χ4v) is 3.58. The highest BCUT2D eigenvalue weighted by molar-refractivity contribution is 5.94. The Morgan fingerprint density at radius 1 is 1.31 bits per heavy atom. The van der Waals surface area contributed by atoms with Gasteiger partial charge in [0.2, 0.25) is 0 Å². The zero-order chi connectivity index (χ0) is 23.3. The molecule has 1 saturated carbocycles. The van der Waals surface area contributed by atoms with E-state index >= 15 is 0 Å². The van der Waals surface area contributed by atoms with Gasteiger partial charge in [0.1, 0.15) is 11.6 Å². The summed E-state index contributed by atoms with van der Waals surface area (Å²) in [5.41, 5.74) is 2.95. The van der Waals surface area contributed by atoms with Crippen molar-refractivity contribution < 1.29 is 4.79 Å². The van der Waals surface area contributed by atoms with E-state index in [1.807, 2.05) is 44.1 Å². The molecule has 3 rings (SSSR count). The number of carbonyl (C=O) groups is 1. The molecule has 7 nitrogen and oxygen atoms in total. The van der Waals surface area contributed by atoms with Gasteiger partial charge in [0, 0.05) is 26.0 Å². The van der Waals surface area contributed by atoms with E-state index in [0.717, 1.165) is 11.4 Å². The molecule has 1 fully saturated rings. The number of aromatic nitrogens is 2. The third kappa shape index (κ3) is 5.28. The molecule has 1 atom stereocenters. The largest absolute Gasteiger partial charge is 0.375 e. The van der Waals surface area contributed by atoms with Crippen molar-refractivity contribution in [1.29, 1.82) is 0 Å². The van der Waals surface area contributed by atoms with Gasteiger partial charge >= 0.3 is 0 Å². The number of carbonyl (C=O) groups excluding carboxylic acids is 1. The maximum Gasteiger partial charge on any atom is 0.256 e. The van der Waals surface area contributed by atoms with Crippen molar-refractivity contribution in [2.24, 2.45) is 0 Å². The maximum absolute atomic E-state index is 13.1. The minimum atomic E-state index is -0.0814. The summed E-state index contributed by atoms with van der Waals surface area (Å²) in [5.74, 6) is 2.81. The summed E-state index contributed by atoms with van der Waals surface area (Å²) in [7, 11) is 1.81. The molecule has 2 heterocycles. The number of pyridine rings is 2. The van der Waals surface area contributed by atoms with Crippen LogP contribution in [0.4, 0.5) is 11.6 Å². The van der Waals surface area contributed by atoms with E-state index in [0.29, 0.717) is 36.3 Å². The van der Waals surface area contributed by atoms with Gasteiger partial charge in [0.15, 0.2) is 0 Å². The lowest BCUT2D eigenvalue weighted by molar-refractivity contribution is 0.0775. The normalized spacial score (nSPS) is 13.8. The van der Waals surface area contributed by atoms with Gasteiger partial charge < -0.3 is 20.4 Å². The Hall–Kier alpha value is -3.35. The van der Waals surface area contributed by atoms with Crippen molar-refractivity contribution in [3.05, 3.63) is 72.3 Å². The predicted octanol–water partition coefficient (Wildman–Crippen LogP) is 4.27. The van der Waals surface area contributed by atoms with Gasteiger partial charge in [-0.2, -0.15) is 0 Å². The first-order valence-corrected chi connectivity index (χ1v) is 11.1. The molecule has 1 aliphatic carbocycles. The number of rotatable bonds is 11. The van der Waals surface area contributed by atoms with Crippen LogP contribution in [0.15, 0.2) is 55.6 Å². The summed E-state index contributed by atoms with van der Waals surface area (Å²) >= 11 is 0. The Morgan fingerprint density at radius 3 is 2.59 bits per heavy atom. The molecule has 0 bridgehead atoms. The van der Waals surface area contributed by atoms with Crippen LogP contribution in [0.5, 0.6) is 0 Å². The molecule has 1 aliphatic rings. The summed E-state index contributed by atoms with van der Waals surface area (Å²) in [4.78, 5) is 25.8. The van der Waals surface area contributed by atoms with Gasteiger partial charge in [-0.15, -0.1) is 6.58 Å². The Balaban J connectivity index is 1.68. The van der Waals surface area contributed by atoms with Crippen molar-refractivity contribution >= 4 is 17.5 Å². The summed E-state index contributed by atoms with van der Waals surface area (Å²) in [6.45, 7) is 14.9. The lowest BCUT2D eigenvalue weighted by atomic mass is 10.1. The number of nitrogens with zero attached hydrogens (tertiary/aromatic N) is 4. The number of amides is 1. The third-order valence-corrected chi connectivity index (χ3v) is 5.82. The molecule has 1 amide bonds. The van der Waals surface area contributed by atoms with Gasteiger partial charge in [-0.25, -0.2) is 9.97 Å². The quantitative estimate of drug-likeness (QED) is 0.407. The second-order valence-electron chi connectivity index (χ2n) is 8.15. The van der Waals surface area contributed by atoms with E-state index in [9.17, 15) is 4.79 Å². The Labute approximate surface area is 191 Å². The van der Waals surface area contributed by atoms with Crippen molar-refractivity contribution in [2.75, 3.05) is 30.5 Å². The molecule has 170 valence electrons. The highest BCUT2D eigenvalue weighted by atomic mass is 16.2. The van der Waals surface area contributed by atoms with Gasteiger partial charge in [0.25, 0.3) is 5.91 Å². The molecule has 2 aromatic rings. The molecule has 0 radical (unpaired) electrons. The first kappa shape index (κ1) is 23.3. The molecule has 0 saturated heterocycles. The third-order valence-electron chi connectivity index (χ3n) is 5.82. The van der Waals surface area contributed by atoms with Crippen LogP contribution in [0.3, 0.4) is 0 Å². The molecule has 2 N–H and O–H groups in total. The van der Waals surface area contributed by atoms with Crippen molar-refractivity contribution in [3.63, 3.8) is 0 Å². The number of nitrogens with one attached hydrogen (secondary N) is 2. The van der Waals surface area contributed by atoms with Crippen molar-refractivity contribution in [2.45, 2.75) is 45.6 Å². The van der Waals surface area contributed by atoms with E-state index in [-0.39, 0.29) is 11.9 Å². The topological polar surface area (TPSA) is 73.4 Å². The highest BCUT2D eigenvalue weighted by Crippen LogP contribution is 2.40. The van der Waals surface area contributed by atoms with E-state index in [2.05, 4.69) is 46.7 Å². The number of anilines is 2. The van der Waals surface area contributed by atoms with E-state index in [1.165, 1.54) is 18.4 Å². The molecular formula is C25H34N6O. The number of aryl methyl sites for hydroxylation is 1. The molecule has 7 heteroatoms. The lowest BCUT2D eigenvalue weighted by Crippen LogP contribution is -2.37. The zero-order valence-electron chi connectivity index (χ0n) is 19.6. The first-order chi connectivity index (χ1) is 15.4. The van der Waals surface area contributed by atoms with Crippen molar-refractivity contribution in [3.8, 4) is 0 Å². The van der Waals surface area contributed by atoms with E-state index < -0.39 is 0 Å². The fourth-order valence-electron chi connectivity index (χ4n) is 3.58. The minimum Gasteiger partial charge on any atom is -0.375 e. The smallest absolute Gasteiger partial charge is 0.256 e. The van der Waals surface area contributed by atoms with Crippen LogP contribution < -0.4 is 15.5 Å². The fraction of sp³-hybridized carbons (Fsp3) is 0.400. The molecular weight excluding hydrogens is 400 g/mol. The van der Waals surface area contributed by atoms with Gasteiger partial charge in [-0.1, -0.05) is 18.7 Å². The van der Waals surface area contributed by atoms with Gasteiger partial charge in [-0.3, -0.25) is 4.79 Å². The summed E-state index contributed by atoms with van der Waals surface area (Å²) in [5, 5.41) is 6.36. The van der Waals surface area contributed by atoms with Crippen LogP contribution in [-0.2, 0) is 0 Å². The standard InChI is InChI=1S/C25H34N6O/c1-7-18(4)31(19(5)26-6)23-12-11-21(14-27-23)25(32)30(8-2)16-29-24-17(3)13-22(15-28-24)20-9-10-20/h7,11-15,18,20,26H,1,5,8-10,16H2,2-4,6H3,(H,28,29). The molecule has 32 heavy (non-hydrogen) atoms. The minimum absolute atomic E-state index is 0.00221. The molecule has 1 unspecified atom stereocenters. The van der Waals surface area contributed by atoms with E-state index in [1.54, 1.807) is 17.2 Å². The Kier molecular flexibility index (Phi) is 7.51. The number of hydrogen-bond donors (Lipinski definition) is 2. The SMILES string of the molecule is C=CC(C)N(C(=C)NC)c1ccc(C(=O)N(CC)CNc2ncc(C3CC3)cc2C)cn1. The molecule has 2 aromatic heterocycles. The van der Waals surface area contributed by atoms with Crippen LogP contribution >= 0.6 is 0 Å². The van der Waals surface area contributed by atoms with Crippen LogP contribution in [0, 0.1) is 6.92 Å². The van der Waals surface area contributed by atoms with Crippen molar-refractivity contribution in [1.82, 2.24) is 20.2 Å². The molecule has 0 aromatic carbocycles. The average Bonchev–Trinajstić information content (AvgIpc) is 3.66. The Morgan fingerprint density at radius 2 is 2.06 bits per heavy atom. The number of hydrogen-bond acceptors (Lipinski definition) is 6. The molecule has 0 spiro atoms. The van der Waals surface area contributed by atoms with Crippen LogP contribution in [0.25, 0.3) is 0 Å². The Bertz CT molecular complexity index is 967. The lowest BCUT2D eigenvalue weighted by Gasteiger charge is -2.30. The van der Waals surface area contributed by atoms with Gasteiger partial charge in [0.05, 0.1) is 24.1 Å². The summed E-state index contributed by atoms with van der Waals surface area (Å²) in [6, 6.07) is 5.83. The first-order valence-electron chi connectivity index (χ1n) is 11.1. The van der Waals surface area contributed by atoms with Gasteiger partial charge in [-0.05, 0) is 62.8 Å². The molecule has 0 aliphatic heterocycles.